The van der Waals surface area contributed by atoms with Crippen LogP contribution in [0.3, 0.4) is 0 Å². The van der Waals surface area contributed by atoms with Crippen molar-refractivity contribution >= 4 is 40.4 Å². The Kier molecular flexibility index (Phi) is 6.21. The molecule has 1 aliphatic carbocycles. The van der Waals surface area contributed by atoms with Crippen molar-refractivity contribution in [1.82, 2.24) is 4.57 Å². The Hall–Kier alpha value is -4.01. The summed E-state index contributed by atoms with van der Waals surface area (Å²) in [6, 6.07) is 20.1. The number of rotatable bonds is 5. The van der Waals surface area contributed by atoms with Crippen LogP contribution in [-0.4, -0.2) is 16.1 Å². The molecule has 0 fully saturated rings. The molecule has 0 spiro atoms. The van der Waals surface area contributed by atoms with Gasteiger partial charge in [0.2, 0.25) is 0 Å². The van der Waals surface area contributed by atoms with Gasteiger partial charge in [-0.3, -0.25) is 19.5 Å². The largest absolute Gasteiger partial charge is 0.487 e. The number of ether oxygens (including phenoxy) is 1. The molecule has 0 saturated heterocycles. The molecule has 2 heterocycles. The molecular formula is C29H22ClN3O4S. The minimum Gasteiger partial charge on any atom is -0.487 e. The summed E-state index contributed by atoms with van der Waals surface area (Å²) in [5.74, 6) is 0.196. The van der Waals surface area contributed by atoms with Crippen molar-refractivity contribution in [3.8, 4) is 5.75 Å². The van der Waals surface area contributed by atoms with Gasteiger partial charge in [-0.15, -0.1) is 0 Å². The molecule has 0 bridgehead atoms. The SMILES string of the molecule is CCOc1ccc(C=c2sc3n(c2=O)C(c2ccccc2Cl)C2=C(N=3)c3ccccc3CC2)cc1[N+](=O)[O-]. The van der Waals surface area contributed by atoms with E-state index in [9.17, 15) is 14.9 Å². The Labute approximate surface area is 226 Å². The highest BCUT2D eigenvalue weighted by Crippen LogP contribution is 2.42. The van der Waals surface area contributed by atoms with Crippen molar-refractivity contribution < 1.29 is 9.66 Å². The fraction of sp³-hybridized carbons (Fsp3) is 0.172. The zero-order valence-electron chi connectivity index (χ0n) is 20.4. The van der Waals surface area contributed by atoms with Crippen molar-refractivity contribution in [3.63, 3.8) is 0 Å². The first-order valence-electron chi connectivity index (χ1n) is 12.2. The van der Waals surface area contributed by atoms with E-state index in [4.69, 9.17) is 21.3 Å². The molecule has 0 amide bonds. The minimum absolute atomic E-state index is 0.144. The number of aryl methyl sites for hydroxylation is 1. The third-order valence-corrected chi connectivity index (χ3v) is 8.18. The van der Waals surface area contributed by atoms with Crippen LogP contribution >= 0.6 is 22.9 Å². The summed E-state index contributed by atoms with van der Waals surface area (Å²) in [7, 11) is 0. The predicted octanol–water partition coefficient (Wildman–Crippen LogP) is 5.28. The molecule has 1 aliphatic heterocycles. The van der Waals surface area contributed by atoms with Crippen LogP contribution < -0.4 is 19.6 Å². The molecule has 6 rings (SSSR count). The maximum Gasteiger partial charge on any atom is 0.311 e. The van der Waals surface area contributed by atoms with E-state index < -0.39 is 4.92 Å². The van der Waals surface area contributed by atoms with Gasteiger partial charge in [0.05, 0.1) is 27.8 Å². The van der Waals surface area contributed by atoms with Gasteiger partial charge < -0.3 is 4.74 Å². The lowest BCUT2D eigenvalue weighted by Gasteiger charge is -2.31. The number of aromatic nitrogens is 1. The van der Waals surface area contributed by atoms with Gasteiger partial charge in [-0.05, 0) is 60.2 Å². The van der Waals surface area contributed by atoms with Crippen LogP contribution in [0, 0.1) is 10.1 Å². The molecule has 190 valence electrons. The molecule has 0 N–H and O–H groups in total. The maximum atomic E-state index is 13.9. The van der Waals surface area contributed by atoms with Crippen molar-refractivity contribution in [3.05, 3.63) is 129 Å². The van der Waals surface area contributed by atoms with E-state index in [1.54, 1.807) is 29.7 Å². The summed E-state index contributed by atoms with van der Waals surface area (Å²) < 4.78 is 7.55. The van der Waals surface area contributed by atoms with Gasteiger partial charge in [-0.25, -0.2) is 4.99 Å². The number of benzene rings is 3. The lowest BCUT2D eigenvalue weighted by Crippen LogP contribution is -2.38. The second kappa shape index (κ2) is 9.70. The summed E-state index contributed by atoms with van der Waals surface area (Å²) in [5.41, 5.74) is 5.29. The minimum atomic E-state index is -0.479. The Bertz CT molecular complexity index is 1820. The fourth-order valence-corrected chi connectivity index (χ4v) is 6.43. The summed E-state index contributed by atoms with van der Waals surface area (Å²) in [6.45, 7) is 2.08. The highest BCUT2D eigenvalue weighted by Gasteiger charge is 2.33. The molecule has 7 nitrogen and oxygen atoms in total. The van der Waals surface area contributed by atoms with Gasteiger partial charge in [0.15, 0.2) is 10.6 Å². The third kappa shape index (κ3) is 4.06. The average molecular weight is 544 g/mol. The predicted molar refractivity (Wildman–Crippen MR) is 148 cm³/mol. The molecule has 9 heteroatoms. The second-order valence-corrected chi connectivity index (χ2v) is 10.5. The molecule has 0 radical (unpaired) electrons. The van der Waals surface area contributed by atoms with E-state index in [0.29, 0.717) is 26.5 Å². The highest BCUT2D eigenvalue weighted by molar-refractivity contribution is 7.07. The number of halogens is 1. The van der Waals surface area contributed by atoms with Crippen LogP contribution in [0.15, 0.2) is 82.1 Å². The van der Waals surface area contributed by atoms with Crippen molar-refractivity contribution in [2.75, 3.05) is 6.61 Å². The Morgan fingerprint density at radius 1 is 1.16 bits per heavy atom. The first-order chi connectivity index (χ1) is 18.5. The summed E-state index contributed by atoms with van der Waals surface area (Å²) in [5, 5.41) is 12.2. The van der Waals surface area contributed by atoms with Crippen molar-refractivity contribution in [2.24, 2.45) is 4.99 Å². The number of allylic oxidation sites excluding steroid dienone is 1. The molecule has 1 unspecified atom stereocenters. The van der Waals surface area contributed by atoms with Gasteiger partial charge in [-0.2, -0.15) is 0 Å². The molecule has 3 aromatic carbocycles. The summed E-state index contributed by atoms with van der Waals surface area (Å²) >= 11 is 7.95. The normalized spacial score (nSPS) is 16.4. The van der Waals surface area contributed by atoms with E-state index in [2.05, 4.69) is 12.1 Å². The Morgan fingerprint density at radius 2 is 1.95 bits per heavy atom. The van der Waals surface area contributed by atoms with E-state index in [0.717, 1.165) is 35.2 Å². The molecule has 4 aromatic rings. The van der Waals surface area contributed by atoms with Crippen LogP contribution in [0.5, 0.6) is 5.75 Å². The quantitative estimate of drug-likeness (QED) is 0.253. The monoisotopic (exact) mass is 543 g/mol. The average Bonchev–Trinajstić information content (AvgIpc) is 3.23. The number of nitrogens with zero attached hydrogens (tertiary/aromatic N) is 3. The summed E-state index contributed by atoms with van der Waals surface area (Å²) in [6.07, 6.45) is 3.29. The number of hydrogen-bond donors (Lipinski definition) is 0. The van der Waals surface area contributed by atoms with E-state index in [1.165, 1.54) is 23.0 Å². The van der Waals surface area contributed by atoms with Crippen LogP contribution in [0.1, 0.15) is 41.6 Å². The lowest BCUT2D eigenvalue weighted by atomic mass is 9.83. The first-order valence-corrected chi connectivity index (χ1v) is 13.4. The topological polar surface area (TPSA) is 86.7 Å². The molecule has 1 aromatic heterocycles. The standard InChI is InChI=1S/C29H22ClN3O4S/c1-2-37-24-14-11-17(15-23(24)33(35)36)16-25-28(34)32-27(20-9-5-6-10-22(20)30)21-13-12-18-7-3-4-8-19(18)26(21)31-29(32)38-25/h3-11,14-16,27H,2,12-13H2,1H3. The van der Waals surface area contributed by atoms with Gasteiger partial charge in [0.1, 0.15) is 0 Å². The smallest absolute Gasteiger partial charge is 0.311 e. The number of fused-ring (bicyclic) bond motifs is 3. The zero-order chi connectivity index (χ0) is 26.4. The van der Waals surface area contributed by atoms with Gasteiger partial charge >= 0.3 is 5.69 Å². The first kappa shape index (κ1) is 24.3. The number of nitro benzene ring substituents is 1. The summed E-state index contributed by atoms with van der Waals surface area (Å²) in [4.78, 5) is 30.6. The highest BCUT2D eigenvalue weighted by atomic mass is 35.5. The third-order valence-electron chi connectivity index (χ3n) is 6.85. The van der Waals surface area contributed by atoms with E-state index in [1.807, 2.05) is 36.4 Å². The molecule has 2 aliphatic rings. The fourth-order valence-electron chi connectivity index (χ4n) is 5.19. The van der Waals surface area contributed by atoms with Gasteiger partial charge in [-0.1, -0.05) is 71.5 Å². The van der Waals surface area contributed by atoms with E-state index >= 15 is 0 Å². The lowest BCUT2D eigenvalue weighted by molar-refractivity contribution is -0.385. The molecule has 38 heavy (non-hydrogen) atoms. The van der Waals surface area contributed by atoms with Crippen molar-refractivity contribution in [1.29, 1.82) is 0 Å². The zero-order valence-corrected chi connectivity index (χ0v) is 22.0. The molecular weight excluding hydrogens is 522 g/mol. The van der Waals surface area contributed by atoms with Gasteiger partial charge in [0, 0.05) is 16.7 Å². The number of nitro groups is 1. The number of hydrogen-bond acceptors (Lipinski definition) is 6. The Morgan fingerprint density at radius 3 is 2.74 bits per heavy atom. The van der Waals surface area contributed by atoms with E-state index in [-0.39, 0.29) is 23.0 Å². The number of thiazole rings is 1. The molecule has 0 saturated carbocycles. The van der Waals surface area contributed by atoms with Crippen LogP contribution in [0.25, 0.3) is 11.8 Å². The Balaban J connectivity index is 1.58. The molecule has 1 atom stereocenters. The van der Waals surface area contributed by atoms with Crippen LogP contribution in [0.2, 0.25) is 5.02 Å². The van der Waals surface area contributed by atoms with Gasteiger partial charge in [0.25, 0.3) is 5.56 Å². The maximum absolute atomic E-state index is 13.9. The second-order valence-electron chi connectivity index (χ2n) is 9.05. The van der Waals surface area contributed by atoms with Crippen LogP contribution in [0.4, 0.5) is 5.69 Å². The van der Waals surface area contributed by atoms with Crippen molar-refractivity contribution in [2.45, 2.75) is 25.8 Å². The van der Waals surface area contributed by atoms with Crippen LogP contribution in [-0.2, 0) is 6.42 Å².